The molecule has 1 aromatic rings. The molecule has 1 heterocycles. The van der Waals surface area contributed by atoms with Crippen molar-refractivity contribution < 1.29 is 4.74 Å². The highest BCUT2D eigenvalue weighted by atomic mass is 79.9. The highest BCUT2D eigenvalue weighted by molar-refractivity contribution is 9.10. The van der Waals surface area contributed by atoms with Crippen molar-refractivity contribution in [3.8, 4) is 5.75 Å². The first-order valence-corrected chi connectivity index (χ1v) is 6.76. The van der Waals surface area contributed by atoms with Crippen molar-refractivity contribution in [1.29, 1.82) is 0 Å². The van der Waals surface area contributed by atoms with Crippen LogP contribution in [0, 0.1) is 0 Å². The van der Waals surface area contributed by atoms with E-state index in [4.69, 9.17) is 4.74 Å². The van der Waals surface area contributed by atoms with Gasteiger partial charge >= 0.3 is 0 Å². The summed E-state index contributed by atoms with van der Waals surface area (Å²) in [7, 11) is 1.70. The monoisotopic (exact) mass is 287 g/mol. The minimum atomic E-state index is 0.379. The summed E-state index contributed by atoms with van der Waals surface area (Å²) in [6, 6.07) is 6.68. The first kappa shape index (κ1) is 11.3. The van der Waals surface area contributed by atoms with Crippen molar-refractivity contribution in [2.24, 2.45) is 0 Å². The fourth-order valence-electron chi connectivity index (χ4n) is 1.62. The first-order chi connectivity index (χ1) is 7.20. The lowest BCUT2D eigenvalue weighted by molar-refractivity contribution is 0.414. The Kier molecular flexibility index (Phi) is 3.59. The zero-order valence-corrected chi connectivity index (χ0v) is 11.2. The van der Waals surface area contributed by atoms with E-state index in [-0.39, 0.29) is 0 Å². The molecule has 0 bridgehead atoms. The van der Waals surface area contributed by atoms with Crippen LogP contribution in [-0.2, 0) is 0 Å². The van der Waals surface area contributed by atoms with E-state index in [9.17, 15) is 0 Å². The van der Waals surface area contributed by atoms with E-state index in [1.807, 2.05) is 23.9 Å². The predicted molar refractivity (Wildman–Crippen MR) is 68.5 cm³/mol. The van der Waals surface area contributed by atoms with Crippen LogP contribution in [0.5, 0.6) is 5.75 Å². The number of ether oxygens (including phenoxy) is 1. The van der Waals surface area contributed by atoms with Gasteiger partial charge in [-0.2, -0.15) is 0 Å². The second-order valence-corrected chi connectivity index (χ2v) is 5.66. The van der Waals surface area contributed by atoms with Gasteiger partial charge in [0, 0.05) is 16.3 Å². The average Bonchev–Trinajstić information content (AvgIpc) is 2.65. The summed E-state index contributed by atoms with van der Waals surface area (Å²) in [6.45, 7) is 2.21. The summed E-state index contributed by atoms with van der Waals surface area (Å²) in [5.74, 6) is 2.07. The second kappa shape index (κ2) is 4.76. The van der Waals surface area contributed by atoms with Crippen LogP contribution < -0.4 is 10.1 Å². The maximum absolute atomic E-state index is 5.24. The summed E-state index contributed by atoms with van der Waals surface area (Å²) in [5, 5.41) is 3.92. The third-order valence-corrected chi connectivity index (χ3v) is 4.57. The molecule has 2 atom stereocenters. The minimum absolute atomic E-state index is 0.379. The van der Waals surface area contributed by atoms with Gasteiger partial charge in [0.05, 0.1) is 12.5 Å². The molecule has 1 N–H and O–H groups in total. The van der Waals surface area contributed by atoms with Crippen LogP contribution in [0.25, 0.3) is 0 Å². The van der Waals surface area contributed by atoms with Gasteiger partial charge in [-0.1, -0.05) is 15.9 Å². The fraction of sp³-hybridized carbons (Fsp3) is 0.455. The van der Waals surface area contributed by atoms with E-state index < -0.39 is 0 Å². The molecule has 1 fully saturated rings. The molecule has 0 radical (unpaired) electrons. The average molecular weight is 288 g/mol. The number of halogens is 1. The van der Waals surface area contributed by atoms with Crippen LogP contribution in [0.4, 0.5) is 0 Å². The van der Waals surface area contributed by atoms with Gasteiger partial charge in [0.25, 0.3) is 0 Å². The molecule has 82 valence electrons. The lowest BCUT2D eigenvalue weighted by Crippen LogP contribution is -2.22. The molecule has 1 aliphatic rings. The Labute approximate surface area is 103 Å². The van der Waals surface area contributed by atoms with Gasteiger partial charge in [0.1, 0.15) is 5.75 Å². The van der Waals surface area contributed by atoms with Crippen molar-refractivity contribution in [3.63, 3.8) is 0 Å². The Hall–Kier alpha value is -0.190. The molecular weight excluding hydrogens is 274 g/mol. The molecule has 2 rings (SSSR count). The topological polar surface area (TPSA) is 21.3 Å². The Morgan fingerprint density at radius 1 is 1.53 bits per heavy atom. The SMILES string of the molecule is COc1ccc(Br)c(C2NC(C)CS2)c1. The Balaban J connectivity index is 2.26. The van der Waals surface area contributed by atoms with Crippen LogP contribution in [-0.4, -0.2) is 18.9 Å². The molecule has 15 heavy (non-hydrogen) atoms. The molecule has 0 aromatic heterocycles. The molecular formula is C11H14BrNOS. The highest BCUT2D eigenvalue weighted by Crippen LogP contribution is 2.37. The molecule has 0 amide bonds. The van der Waals surface area contributed by atoms with E-state index in [2.05, 4.69) is 34.2 Å². The Morgan fingerprint density at radius 2 is 2.33 bits per heavy atom. The number of benzene rings is 1. The lowest BCUT2D eigenvalue weighted by atomic mass is 10.2. The molecule has 1 aliphatic heterocycles. The number of rotatable bonds is 2. The minimum Gasteiger partial charge on any atom is -0.497 e. The third-order valence-electron chi connectivity index (χ3n) is 2.43. The maximum Gasteiger partial charge on any atom is 0.119 e. The van der Waals surface area contributed by atoms with Crippen LogP contribution in [0.3, 0.4) is 0 Å². The number of nitrogens with one attached hydrogen (secondary N) is 1. The second-order valence-electron chi connectivity index (χ2n) is 3.67. The smallest absolute Gasteiger partial charge is 0.119 e. The normalized spacial score (nSPS) is 25.5. The van der Waals surface area contributed by atoms with Gasteiger partial charge in [-0.05, 0) is 30.7 Å². The van der Waals surface area contributed by atoms with Crippen molar-refractivity contribution >= 4 is 27.7 Å². The molecule has 2 unspecified atom stereocenters. The summed E-state index contributed by atoms with van der Waals surface area (Å²) in [5.41, 5.74) is 1.27. The van der Waals surface area contributed by atoms with E-state index in [0.29, 0.717) is 11.4 Å². The Morgan fingerprint density at radius 3 is 2.93 bits per heavy atom. The largest absolute Gasteiger partial charge is 0.497 e. The fourth-order valence-corrected chi connectivity index (χ4v) is 3.53. The number of methoxy groups -OCH3 is 1. The van der Waals surface area contributed by atoms with Gasteiger partial charge in [-0.15, -0.1) is 11.8 Å². The number of thioether (sulfide) groups is 1. The lowest BCUT2D eigenvalue weighted by Gasteiger charge is -2.14. The molecule has 2 nitrogen and oxygen atoms in total. The number of hydrogen-bond donors (Lipinski definition) is 1. The molecule has 0 spiro atoms. The summed E-state index contributed by atoms with van der Waals surface area (Å²) >= 11 is 5.52. The molecule has 4 heteroatoms. The zero-order valence-electron chi connectivity index (χ0n) is 8.79. The van der Waals surface area contributed by atoms with Crippen molar-refractivity contribution in [1.82, 2.24) is 5.32 Å². The van der Waals surface area contributed by atoms with Gasteiger partial charge in [0.2, 0.25) is 0 Å². The molecule has 1 saturated heterocycles. The van der Waals surface area contributed by atoms with E-state index in [1.54, 1.807) is 7.11 Å². The molecule has 1 aromatic carbocycles. The van der Waals surface area contributed by atoms with Crippen molar-refractivity contribution in [2.45, 2.75) is 18.3 Å². The van der Waals surface area contributed by atoms with Gasteiger partial charge in [0.15, 0.2) is 0 Å². The van der Waals surface area contributed by atoms with Crippen LogP contribution in [0.1, 0.15) is 17.9 Å². The highest BCUT2D eigenvalue weighted by Gasteiger charge is 2.24. The standard InChI is InChI=1S/C11H14BrNOS/c1-7-6-15-11(13-7)9-5-8(14-2)3-4-10(9)12/h3-5,7,11,13H,6H2,1-2H3. The Bertz CT molecular complexity index is 358. The summed E-state index contributed by atoms with van der Waals surface area (Å²) in [4.78, 5) is 0. The zero-order chi connectivity index (χ0) is 10.8. The predicted octanol–water partition coefficient (Wildman–Crippen LogP) is 3.18. The van der Waals surface area contributed by atoms with E-state index in [1.165, 1.54) is 5.56 Å². The molecule has 0 saturated carbocycles. The van der Waals surface area contributed by atoms with Gasteiger partial charge in [-0.25, -0.2) is 0 Å². The first-order valence-electron chi connectivity index (χ1n) is 4.92. The van der Waals surface area contributed by atoms with Crippen LogP contribution >= 0.6 is 27.7 Å². The van der Waals surface area contributed by atoms with Gasteiger partial charge < -0.3 is 4.74 Å². The quantitative estimate of drug-likeness (QED) is 0.903. The van der Waals surface area contributed by atoms with E-state index in [0.717, 1.165) is 16.0 Å². The number of hydrogen-bond acceptors (Lipinski definition) is 3. The molecule has 0 aliphatic carbocycles. The van der Waals surface area contributed by atoms with Crippen molar-refractivity contribution in [3.05, 3.63) is 28.2 Å². The summed E-state index contributed by atoms with van der Waals surface area (Å²) in [6.07, 6.45) is 0. The summed E-state index contributed by atoms with van der Waals surface area (Å²) < 4.78 is 6.38. The van der Waals surface area contributed by atoms with Crippen LogP contribution in [0.2, 0.25) is 0 Å². The maximum atomic E-state index is 5.24. The van der Waals surface area contributed by atoms with Gasteiger partial charge in [-0.3, -0.25) is 5.32 Å². The van der Waals surface area contributed by atoms with Crippen LogP contribution in [0.15, 0.2) is 22.7 Å². The van der Waals surface area contributed by atoms with E-state index >= 15 is 0 Å². The van der Waals surface area contributed by atoms with Crippen molar-refractivity contribution in [2.75, 3.05) is 12.9 Å². The third kappa shape index (κ3) is 2.49.